The van der Waals surface area contributed by atoms with Crippen LogP contribution >= 0.6 is 11.8 Å². The van der Waals surface area contributed by atoms with Crippen molar-refractivity contribution in [2.45, 2.75) is 17.5 Å². The number of hydrogen-bond acceptors (Lipinski definition) is 6. The molecule has 158 valence electrons. The van der Waals surface area contributed by atoms with Crippen LogP contribution in [0.4, 0.5) is 0 Å². The fourth-order valence-electron chi connectivity index (χ4n) is 3.17. The number of rotatable bonds is 8. The lowest BCUT2D eigenvalue weighted by Crippen LogP contribution is -2.24. The Morgan fingerprint density at radius 2 is 1.71 bits per heavy atom. The second kappa shape index (κ2) is 9.57. The molecule has 0 saturated heterocycles. The SMILES string of the molecule is COc1cc(CNC(=O)c2ccccc2CSc2nc3ccccc3o2)cc(OC)c1. The number of amides is 1. The van der Waals surface area contributed by atoms with E-state index in [4.69, 9.17) is 13.9 Å². The van der Waals surface area contributed by atoms with Crippen molar-refractivity contribution in [2.24, 2.45) is 0 Å². The van der Waals surface area contributed by atoms with Gasteiger partial charge in [0.05, 0.1) is 14.2 Å². The van der Waals surface area contributed by atoms with Crippen molar-refractivity contribution in [1.82, 2.24) is 10.3 Å². The number of ether oxygens (including phenoxy) is 2. The molecule has 4 aromatic rings. The van der Waals surface area contributed by atoms with Crippen molar-refractivity contribution in [3.63, 3.8) is 0 Å². The third kappa shape index (κ3) is 5.00. The predicted molar refractivity (Wildman–Crippen MR) is 121 cm³/mol. The fraction of sp³-hybridized carbons (Fsp3) is 0.167. The van der Waals surface area contributed by atoms with E-state index in [1.54, 1.807) is 20.3 Å². The summed E-state index contributed by atoms with van der Waals surface area (Å²) < 4.78 is 16.4. The van der Waals surface area contributed by atoms with E-state index in [2.05, 4.69) is 10.3 Å². The molecule has 0 fully saturated rings. The standard InChI is InChI=1S/C24H22N2O4S/c1-28-18-11-16(12-19(13-18)29-2)14-25-23(27)20-8-4-3-7-17(20)15-31-24-26-21-9-5-6-10-22(21)30-24/h3-13H,14-15H2,1-2H3,(H,25,27). The predicted octanol–water partition coefficient (Wildman–Crippen LogP) is 5.07. The molecule has 1 amide bonds. The molecule has 0 radical (unpaired) electrons. The largest absolute Gasteiger partial charge is 0.497 e. The smallest absolute Gasteiger partial charge is 0.257 e. The van der Waals surface area contributed by atoms with Crippen LogP contribution in [0.1, 0.15) is 21.5 Å². The summed E-state index contributed by atoms with van der Waals surface area (Å²) in [4.78, 5) is 17.4. The lowest BCUT2D eigenvalue weighted by Gasteiger charge is -2.11. The first-order chi connectivity index (χ1) is 15.2. The van der Waals surface area contributed by atoms with Crippen LogP contribution in [-0.4, -0.2) is 25.1 Å². The Balaban J connectivity index is 1.44. The molecule has 4 rings (SSSR count). The van der Waals surface area contributed by atoms with Gasteiger partial charge in [0, 0.05) is 23.9 Å². The fourth-order valence-corrected chi connectivity index (χ4v) is 4.01. The topological polar surface area (TPSA) is 73.6 Å². The van der Waals surface area contributed by atoms with E-state index in [9.17, 15) is 4.79 Å². The Morgan fingerprint density at radius 3 is 2.45 bits per heavy atom. The summed E-state index contributed by atoms with van der Waals surface area (Å²) in [5.74, 6) is 1.79. The normalized spacial score (nSPS) is 10.8. The first kappa shape index (κ1) is 20.8. The number of aromatic nitrogens is 1. The minimum absolute atomic E-state index is 0.143. The van der Waals surface area contributed by atoms with Crippen molar-refractivity contribution in [2.75, 3.05) is 14.2 Å². The molecule has 0 aliphatic carbocycles. The summed E-state index contributed by atoms with van der Waals surface area (Å²) in [6, 6.07) is 20.7. The van der Waals surface area contributed by atoms with Crippen LogP contribution in [0.3, 0.4) is 0 Å². The summed E-state index contributed by atoms with van der Waals surface area (Å²) in [6.45, 7) is 0.360. The summed E-state index contributed by atoms with van der Waals surface area (Å²) in [5.41, 5.74) is 4.01. The van der Waals surface area contributed by atoms with Gasteiger partial charge < -0.3 is 19.2 Å². The van der Waals surface area contributed by atoms with Crippen LogP contribution < -0.4 is 14.8 Å². The molecular weight excluding hydrogens is 412 g/mol. The van der Waals surface area contributed by atoms with Crippen LogP contribution in [0.15, 0.2) is 76.4 Å². The Kier molecular flexibility index (Phi) is 6.43. The van der Waals surface area contributed by atoms with Gasteiger partial charge in [-0.15, -0.1) is 0 Å². The van der Waals surface area contributed by atoms with E-state index in [0.29, 0.717) is 34.6 Å². The van der Waals surface area contributed by atoms with Gasteiger partial charge in [-0.05, 0) is 41.5 Å². The highest BCUT2D eigenvalue weighted by molar-refractivity contribution is 7.98. The highest BCUT2D eigenvalue weighted by Gasteiger charge is 2.13. The molecule has 0 unspecified atom stereocenters. The molecular formula is C24H22N2O4S. The number of carbonyl (C=O) groups excluding carboxylic acids is 1. The molecule has 3 aromatic carbocycles. The number of nitrogens with one attached hydrogen (secondary N) is 1. The summed E-state index contributed by atoms with van der Waals surface area (Å²) in [7, 11) is 3.20. The first-order valence-electron chi connectivity index (χ1n) is 9.72. The number of fused-ring (bicyclic) bond motifs is 1. The number of carbonyl (C=O) groups is 1. The average Bonchev–Trinajstić information content (AvgIpc) is 3.24. The molecule has 1 aromatic heterocycles. The second-order valence-corrected chi connectivity index (χ2v) is 7.72. The van der Waals surface area contributed by atoms with Crippen LogP contribution in [0.5, 0.6) is 11.5 Å². The van der Waals surface area contributed by atoms with Gasteiger partial charge in [0.25, 0.3) is 11.1 Å². The number of hydrogen-bond donors (Lipinski definition) is 1. The maximum absolute atomic E-state index is 12.9. The Labute approximate surface area is 184 Å². The van der Waals surface area contributed by atoms with Gasteiger partial charge in [-0.3, -0.25) is 4.79 Å². The van der Waals surface area contributed by atoms with Gasteiger partial charge in [0.1, 0.15) is 17.0 Å². The van der Waals surface area contributed by atoms with Crippen molar-refractivity contribution in [3.8, 4) is 11.5 Å². The molecule has 0 aliphatic heterocycles. The van der Waals surface area contributed by atoms with Crippen LogP contribution in [0.2, 0.25) is 0 Å². The van der Waals surface area contributed by atoms with Crippen molar-refractivity contribution in [1.29, 1.82) is 0 Å². The molecule has 1 N–H and O–H groups in total. The molecule has 1 heterocycles. The maximum Gasteiger partial charge on any atom is 0.257 e. The quantitative estimate of drug-likeness (QED) is 0.391. The van der Waals surface area contributed by atoms with Crippen molar-refractivity contribution in [3.05, 3.63) is 83.4 Å². The third-order valence-corrected chi connectivity index (χ3v) is 5.63. The minimum atomic E-state index is -0.143. The molecule has 7 heteroatoms. The average molecular weight is 435 g/mol. The van der Waals surface area contributed by atoms with Crippen molar-refractivity contribution < 1.29 is 18.7 Å². The van der Waals surface area contributed by atoms with Gasteiger partial charge in [0.15, 0.2) is 5.58 Å². The number of para-hydroxylation sites is 2. The zero-order valence-electron chi connectivity index (χ0n) is 17.3. The highest BCUT2D eigenvalue weighted by atomic mass is 32.2. The molecule has 6 nitrogen and oxygen atoms in total. The Morgan fingerprint density at radius 1 is 1.00 bits per heavy atom. The van der Waals surface area contributed by atoms with Gasteiger partial charge in [-0.25, -0.2) is 4.98 Å². The molecule has 0 aliphatic rings. The van der Waals surface area contributed by atoms with Gasteiger partial charge in [-0.2, -0.15) is 0 Å². The van der Waals surface area contributed by atoms with Crippen LogP contribution in [-0.2, 0) is 12.3 Å². The lowest BCUT2D eigenvalue weighted by atomic mass is 10.1. The highest BCUT2D eigenvalue weighted by Crippen LogP contribution is 2.27. The number of oxazole rings is 1. The summed E-state index contributed by atoms with van der Waals surface area (Å²) in [6.07, 6.45) is 0. The van der Waals surface area contributed by atoms with E-state index < -0.39 is 0 Å². The van der Waals surface area contributed by atoms with E-state index in [1.807, 2.05) is 60.7 Å². The molecule has 0 bridgehead atoms. The Bertz CT molecular complexity index is 1150. The number of nitrogens with zero attached hydrogens (tertiary/aromatic N) is 1. The first-order valence-corrected chi connectivity index (χ1v) is 10.7. The zero-order chi connectivity index (χ0) is 21.6. The summed E-state index contributed by atoms with van der Waals surface area (Å²) >= 11 is 1.46. The number of methoxy groups -OCH3 is 2. The molecule has 0 spiro atoms. The lowest BCUT2D eigenvalue weighted by molar-refractivity contribution is 0.0950. The van der Waals surface area contributed by atoms with E-state index in [-0.39, 0.29) is 5.91 Å². The van der Waals surface area contributed by atoms with Crippen LogP contribution in [0, 0.1) is 0 Å². The molecule has 0 atom stereocenters. The Hall–Kier alpha value is -3.45. The third-order valence-electron chi connectivity index (χ3n) is 4.75. The van der Waals surface area contributed by atoms with Crippen molar-refractivity contribution >= 4 is 28.8 Å². The maximum atomic E-state index is 12.9. The summed E-state index contributed by atoms with van der Waals surface area (Å²) in [5, 5.41) is 3.56. The molecule has 31 heavy (non-hydrogen) atoms. The zero-order valence-corrected chi connectivity index (χ0v) is 18.1. The molecule has 0 saturated carbocycles. The van der Waals surface area contributed by atoms with Crippen LogP contribution in [0.25, 0.3) is 11.1 Å². The van der Waals surface area contributed by atoms with Gasteiger partial charge in [-0.1, -0.05) is 42.1 Å². The van der Waals surface area contributed by atoms with E-state index >= 15 is 0 Å². The van der Waals surface area contributed by atoms with Gasteiger partial charge in [0.2, 0.25) is 0 Å². The number of benzene rings is 3. The second-order valence-electron chi connectivity index (χ2n) is 6.80. The minimum Gasteiger partial charge on any atom is -0.497 e. The van der Waals surface area contributed by atoms with E-state index in [0.717, 1.165) is 22.2 Å². The number of thioether (sulfide) groups is 1. The van der Waals surface area contributed by atoms with Gasteiger partial charge >= 0.3 is 0 Å². The monoisotopic (exact) mass is 434 g/mol. The van der Waals surface area contributed by atoms with E-state index in [1.165, 1.54) is 11.8 Å².